The first-order chi connectivity index (χ1) is 8.21. The van der Waals surface area contributed by atoms with Crippen LogP contribution in [0.25, 0.3) is 0 Å². The molecule has 0 saturated heterocycles. The minimum Gasteiger partial charge on any atom is -0.306 e. The quantitative estimate of drug-likeness (QED) is 0.837. The zero-order valence-corrected chi connectivity index (χ0v) is 11.6. The van der Waals surface area contributed by atoms with Crippen molar-refractivity contribution >= 4 is 9.84 Å². The van der Waals surface area contributed by atoms with Gasteiger partial charge in [0.25, 0.3) is 0 Å². The molecule has 0 aromatic heterocycles. The van der Waals surface area contributed by atoms with E-state index in [-0.39, 0.29) is 10.9 Å². The fourth-order valence-electron chi connectivity index (χ4n) is 1.53. The lowest BCUT2D eigenvalue weighted by Gasteiger charge is -2.15. The minimum atomic E-state index is -3.51. The van der Waals surface area contributed by atoms with Crippen molar-refractivity contribution in [1.82, 2.24) is 5.32 Å². The zero-order valence-electron chi connectivity index (χ0n) is 10.8. The highest BCUT2D eigenvalue weighted by molar-refractivity contribution is 7.90. The van der Waals surface area contributed by atoms with Gasteiger partial charge in [-0.25, -0.2) is 12.8 Å². The molecule has 0 bridgehead atoms. The smallest absolute Gasteiger partial charge is 0.178 e. The van der Waals surface area contributed by atoms with Crippen LogP contribution in [0.5, 0.6) is 0 Å². The first kappa shape index (κ1) is 14.9. The van der Waals surface area contributed by atoms with E-state index in [0.29, 0.717) is 12.1 Å². The van der Waals surface area contributed by atoms with Gasteiger partial charge in [0.2, 0.25) is 0 Å². The Morgan fingerprint density at radius 3 is 2.56 bits per heavy atom. The molecule has 100 valence electrons. The summed E-state index contributed by atoms with van der Waals surface area (Å²) < 4.78 is 36.2. The molecule has 0 radical (unpaired) electrons. The van der Waals surface area contributed by atoms with Gasteiger partial charge in [-0.15, -0.1) is 0 Å². The van der Waals surface area contributed by atoms with Crippen molar-refractivity contribution in [2.45, 2.75) is 24.8 Å². The van der Waals surface area contributed by atoms with Crippen LogP contribution in [0, 0.1) is 5.82 Å². The van der Waals surface area contributed by atoms with E-state index in [1.807, 2.05) is 13.8 Å². The van der Waals surface area contributed by atoms with Gasteiger partial charge in [-0.05, 0) is 31.5 Å². The average molecular weight is 271 g/mol. The summed E-state index contributed by atoms with van der Waals surface area (Å²) in [7, 11) is -3.51. The molecule has 1 rings (SSSR count). The van der Waals surface area contributed by atoms with Gasteiger partial charge in [0.1, 0.15) is 10.7 Å². The third-order valence-electron chi connectivity index (χ3n) is 2.57. The SMILES string of the molecule is C=C(C)CN[C@H](C)c1ccc(S(C)(=O)=O)c(F)c1. The number of rotatable bonds is 5. The Labute approximate surface area is 108 Å². The number of sulfone groups is 1. The summed E-state index contributed by atoms with van der Waals surface area (Å²) in [4.78, 5) is -0.265. The van der Waals surface area contributed by atoms with Crippen LogP contribution in [0.3, 0.4) is 0 Å². The monoisotopic (exact) mass is 271 g/mol. The Morgan fingerprint density at radius 2 is 2.11 bits per heavy atom. The summed E-state index contributed by atoms with van der Waals surface area (Å²) in [5.74, 6) is -0.709. The predicted molar refractivity (Wildman–Crippen MR) is 70.7 cm³/mol. The Morgan fingerprint density at radius 1 is 1.50 bits per heavy atom. The summed E-state index contributed by atoms with van der Waals surface area (Å²) in [5.41, 5.74) is 1.69. The van der Waals surface area contributed by atoms with E-state index in [4.69, 9.17) is 0 Å². The topological polar surface area (TPSA) is 46.2 Å². The van der Waals surface area contributed by atoms with Crippen LogP contribution in [-0.2, 0) is 9.84 Å². The summed E-state index contributed by atoms with van der Waals surface area (Å²) in [5, 5.41) is 3.17. The van der Waals surface area contributed by atoms with E-state index in [1.54, 1.807) is 6.07 Å². The molecule has 0 fully saturated rings. The molecule has 0 unspecified atom stereocenters. The van der Waals surface area contributed by atoms with Gasteiger partial charge in [-0.3, -0.25) is 0 Å². The molecule has 3 nitrogen and oxygen atoms in total. The molecule has 0 heterocycles. The first-order valence-electron chi connectivity index (χ1n) is 5.59. The van der Waals surface area contributed by atoms with Crippen molar-refractivity contribution in [2.75, 3.05) is 12.8 Å². The summed E-state index contributed by atoms with van der Waals surface area (Å²) >= 11 is 0. The first-order valence-corrected chi connectivity index (χ1v) is 7.48. The number of nitrogens with one attached hydrogen (secondary N) is 1. The van der Waals surface area contributed by atoms with E-state index in [2.05, 4.69) is 11.9 Å². The normalized spacial score (nSPS) is 13.3. The molecule has 0 aliphatic rings. The van der Waals surface area contributed by atoms with E-state index in [9.17, 15) is 12.8 Å². The van der Waals surface area contributed by atoms with Crippen LogP contribution in [0.1, 0.15) is 25.5 Å². The molecule has 1 aromatic rings. The summed E-state index contributed by atoms with van der Waals surface area (Å²) in [6.07, 6.45) is 0.994. The third kappa shape index (κ3) is 3.92. The molecule has 18 heavy (non-hydrogen) atoms. The van der Waals surface area contributed by atoms with Gasteiger partial charge < -0.3 is 5.32 Å². The number of halogens is 1. The summed E-state index contributed by atoms with van der Waals surface area (Å²) in [6, 6.07) is 4.12. The van der Waals surface area contributed by atoms with Crippen molar-refractivity contribution in [1.29, 1.82) is 0 Å². The molecule has 1 aromatic carbocycles. The lowest BCUT2D eigenvalue weighted by molar-refractivity contribution is 0.559. The molecule has 0 aliphatic carbocycles. The minimum absolute atomic E-state index is 0.0650. The highest BCUT2D eigenvalue weighted by atomic mass is 32.2. The lowest BCUT2D eigenvalue weighted by atomic mass is 10.1. The van der Waals surface area contributed by atoms with Gasteiger partial charge in [0, 0.05) is 18.8 Å². The van der Waals surface area contributed by atoms with Gasteiger partial charge in [-0.2, -0.15) is 0 Å². The lowest BCUT2D eigenvalue weighted by Crippen LogP contribution is -2.20. The molecule has 0 saturated carbocycles. The fraction of sp³-hybridized carbons (Fsp3) is 0.385. The molecule has 1 atom stereocenters. The van der Waals surface area contributed by atoms with E-state index in [1.165, 1.54) is 12.1 Å². The predicted octanol–water partition coefficient (Wildman–Crippen LogP) is 2.46. The summed E-state index contributed by atoms with van der Waals surface area (Å²) in [6.45, 7) is 8.19. The Bertz CT molecular complexity index is 552. The molecular weight excluding hydrogens is 253 g/mol. The van der Waals surface area contributed by atoms with Crippen LogP contribution >= 0.6 is 0 Å². The number of hydrogen-bond acceptors (Lipinski definition) is 3. The van der Waals surface area contributed by atoms with E-state index in [0.717, 1.165) is 11.8 Å². The molecule has 0 aliphatic heterocycles. The van der Waals surface area contributed by atoms with Crippen molar-refractivity contribution in [3.05, 3.63) is 41.7 Å². The Balaban J connectivity index is 2.94. The number of hydrogen-bond donors (Lipinski definition) is 1. The highest BCUT2D eigenvalue weighted by Gasteiger charge is 2.15. The van der Waals surface area contributed by atoms with Crippen LogP contribution in [0.4, 0.5) is 4.39 Å². The molecule has 1 N–H and O–H groups in total. The maximum atomic E-state index is 13.7. The maximum Gasteiger partial charge on any atom is 0.178 e. The van der Waals surface area contributed by atoms with Gasteiger partial charge >= 0.3 is 0 Å². The van der Waals surface area contributed by atoms with Crippen molar-refractivity contribution in [3.8, 4) is 0 Å². The molecule has 0 amide bonds. The van der Waals surface area contributed by atoms with Crippen molar-refractivity contribution in [3.63, 3.8) is 0 Å². The average Bonchev–Trinajstić information content (AvgIpc) is 2.23. The second kappa shape index (κ2) is 5.63. The van der Waals surface area contributed by atoms with E-state index < -0.39 is 15.7 Å². The van der Waals surface area contributed by atoms with Crippen LogP contribution in [0.2, 0.25) is 0 Å². The fourth-order valence-corrected chi connectivity index (χ4v) is 2.26. The Hall–Kier alpha value is -1.20. The van der Waals surface area contributed by atoms with Gasteiger partial charge in [-0.1, -0.05) is 18.2 Å². The Kier molecular flexibility index (Phi) is 4.65. The van der Waals surface area contributed by atoms with Crippen LogP contribution in [-0.4, -0.2) is 21.2 Å². The van der Waals surface area contributed by atoms with Crippen molar-refractivity contribution < 1.29 is 12.8 Å². The zero-order chi connectivity index (χ0) is 13.9. The van der Waals surface area contributed by atoms with Gasteiger partial charge in [0.15, 0.2) is 9.84 Å². The maximum absolute atomic E-state index is 13.7. The van der Waals surface area contributed by atoms with Crippen LogP contribution < -0.4 is 5.32 Å². The van der Waals surface area contributed by atoms with Crippen LogP contribution in [0.15, 0.2) is 35.2 Å². The molecule has 5 heteroatoms. The third-order valence-corrected chi connectivity index (χ3v) is 3.70. The number of benzene rings is 1. The molecule has 0 spiro atoms. The van der Waals surface area contributed by atoms with Crippen molar-refractivity contribution in [2.24, 2.45) is 0 Å². The highest BCUT2D eigenvalue weighted by Crippen LogP contribution is 2.20. The second-order valence-corrected chi connectivity index (χ2v) is 6.51. The molecular formula is C13H18FNO2S. The standard InChI is InChI=1S/C13H18FNO2S/c1-9(2)8-15-10(3)11-5-6-13(12(14)7-11)18(4,16)17/h5-7,10,15H,1,8H2,2-4H3/t10-/m1/s1. The second-order valence-electron chi connectivity index (χ2n) is 4.52. The van der Waals surface area contributed by atoms with E-state index >= 15 is 0 Å². The largest absolute Gasteiger partial charge is 0.306 e. The van der Waals surface area contributed by atoms with Gasteiger partial charge in [0.05, 0.1) is 0 Å².